The zero-order valence-electron chi connectivity index (χ0n) is 19.7. The van der Waals surface area contributed by atoms with Gasteiger partial charge in [-0.2, -0.15) is 5.10 Å². The van der Waals surface area contributed by atoms with Gasteiger partial charge in [-0.15, -0.1) is 0 Å². The lowest BCUT2D eigenvalue weighted by Gasteiger charge is -2.19. The van der Waals surface area contributed by atoms with E-state index in [1.165, 1.54) is 17.7 Å². The van der Waals surface area contributed by atoms with Crippen LogP contribution in [-0.2, 0) is 19.5 Å². The Balaban J connectivity index is 1.35. The minimum atomic E-state index is -0.317. The molecule has 3 aromatic carbocycles. The molecule has 0 bridgehead atoms. The largest absolute Gasteiger partial charge is 0.508 e. The van der Waals surface area contributed by atoms with Gasteiger partial charge in [-0.1, -0.05) is 62.4 Å². The fourth-order valence-electron chi connectivity index (χ4n) is 4.46. The third kappa shape index (κ3) is 4.71. The van der Waals surface area contributed by atoms with Crippen LogP contribution in [0.5, 0.6) is 11.5 Å². The molecule has 1 aliphatic rings. The van der Waals surface area contributed by atoms with Crippen molar-refractivity contribution in [3.8, 4) is 11.5 Å². The number of aromatic hydroxyl groups is 2. The predicted octanol–water partition coefficient (Wildman–Crippen LogP) is 5.43. The van der Waals surface area contributed by atoms with Gasteiger partial charge in [-0.05, 0) is 28.2 Å². The Morgan fingerprint density at radius 2 is 1.71 bits per heavy atom. The van der Waals surface area contributed by atoms with Crippen LogP contribution >= 0.6 is 0 Å². The summed E-state index contributed by atoms with van der Waals surface area (Å²) in [7, 11) is 0. The van der Waals surface area contributed by atoms with E-state index >= 15 is 0 Å². The number of nitrogens with zero attached hydrogens (tertiary/aromatic N) is 2. The van der Waals surface area contributed by atoms with Gasteiger partial charge in [0.1, 0.15) is 17.1 Å². The second-order valence-corrected chi connectivity index (χ2v) is 9.29. The second-order valence-electron chi connectivity index (χ2n) is 9.29. The van der Waals surface area contributed by atoms with E-state index in [0.717, 1.165) is 22.4 Å². The molecule has 0 saturated heterocycles. The molecule has 1 aliphatic heterocycles. The molecule has 7 heteroatoms. The predicted molar refractivity (Wildman–Crippen MR) is 135 cm³/mol. The zero-order valence-corrected chi connectivity index (χ0v) is 19.7. The number of carbonyl (C=O) groups is 1. The van der Waals surface area contributed by atoms with E-state index in [9.17, 15) is 15.0 Å². The molecular formula is C28H28N4O3. The third-order valence-corrected chi connectivity index (χ3v) is 6.38. The summed E-state index contributed by atoms with van der Waals surface area (Å²) < 4.78 is 0. The van der Waals surface area contributed by atoms with Gasteiger partial charge in [-0.3, -0.25) is 9.89 Å². The number of H-pyrrole nitrogens is 1. The number of hydrogen-bond acceptors (Lipinski definition) is 5. The van der Waals surface area contributed by atoms with Crippen molar-refractivity contribution in [2.24, 2.45) is 0 Å². The molecular weight excluding hydrogens is 440 g/mol. The molecule has 0 radical (unpaired) electrons. The van der Waals surface area contributed by atoms with E-state index in [-0.39, 0.29) is 23.0 Å². The van der Waals surface area contributed by atoms with E-state index in [1.807, 2.05) is 30.3 Å². The van der Waals surface area contributed by atoms with Crippen LogP contribution in [0.3, 0.4) is 0 Å². The fraction of sp³-hybridized carbons (Fsp3) is 0.214. The topological polar surface area (TPSA) is 101 Å². The highest BCUT2D eigenvalue weighted by Crippen LogP contribution is 2.35. The van der Waals surface area contributed by atoms with Gasteiger partial charge < -0.3 is 20.4 Å². The summed E-state index contributed by atoms with van der Waals surface area (Å²) >= 11 is 0. The molecule has 1 aromatic heterocycles. The number of nitrogens with one attached hydrogen (secondary N) is 2. The minimum absolute atomic E-state index is 0.101. The Bertz CT molecular complexity index is 1350. The van der Waals surface area contributed by atoms with Crippen molar-refractivity contribution in [2.75, 3.05) is 5.32 Å². The standard InChI is InChI=1S/C28H28N4O3/c1-17(2)19-9-7-18(8-10-19)11-22-12-26(31-30-22)29-24-13-23(33)14-25(34)27(24)28(35)32-15-20-5-3-4-6-21(20)16-32/h3-10,12-14,17,33-34H,11,15-16H2,1-2H3,(H2,29,30,31). The molecule has 35 heavy (non-hydrogen) atoms. The summed E-state index contributed by atoms with van der Waals surface area (Å²) in [5.41, 5.74) is 5.93. The molecule has 2 heterocycles. The first-order valence-electron chi connectivity index (χ1n) is 11.7. The van der Waals surface area contributed by atoms with Gasteiger partial charge in [0.05, 0.1) is 5.69 Å². The van der Waals surface area contributed by atoms with Crippen LogP contribution in [0, 0.1) is 0 Å². The number of benzene rings is 3. The molecule has 5 rings (SSSR count). The summed E-state index contributed by atoms with van der Waals surface area (Å²) in [6.07, 6.45) is 0.677. The van der Waals surface area contributed by atoms with Gasteiger partial charge in [0.2, 0.25) is 0 Å². The fourth-order valence-corrected chi connectivity index (χ4v) is 4.46. The zero-order chi connectivity index (χ0) is 24.5. The Hall–Kier alpha value is -4.26. The van der Waals surface area contributed by atoms with E-state index in [1.54, 1.807) is 4.90 Å². The van der Waals surface area contributed by atoms with Crippen LogP contribution < -0.4 is 5.32 Å². The molecule has 4 aromatic rings. The second kappa shape index (κ2) is 9.18. The number of phenolic OH excluding ortho intramolecular Hbond substituents is 2. The van der Waals surface area contributed by atoms with Crippen molar-refractivity contribution in [1.82, 2.24) is 15.1 Å². The smallest absolute Gasteiger partial charge is 0.260 e. The number of rotatable bonds is 6. The molecule has 7 nitrogen and oxygen atoms in total. The van der Waals surface area contributed by atoms with Gasteiger partial charge in [0.15, 0.2) is 5.82 Å². The highest BCUT2D eigenvalue weighted by Gasteiger charge is 2.28. The molecule has 0 atom stereocenters. The molecule has 1 amide bonds. The summed E-state index contributed by atoms with van der Waals surface area (Å²) in [5, 5.41) is 31.1. The van der Waals surface area contributed by atoms with Gasteiger partial charge in [0.25, 0.3) is 5.91 Å². The van der Waals surface area contributed by atoms with Crippen molar-refractivity contribution < 1.29 is 15.0 Å². The van der Waals surface area contributed by atoms with Crippen molar-refractivity contribution >= 4 is 17.4 Å². The lowest BCUT2D eigenvalue weighted by Crippen LogP contribution is -2.26. The molecule has 0 aliphatic carbocycles. The molecule has 0 unspecified atom stereocenters. The van der Waals surface area contributed by atoms with Crippen molar-refractivity contribution in [2.45, 2.75) is 39.3 Å². The Kier molecular flexibility index (Phi) is 5.91. The summed E-state index contributed by atoms with van der Waals surface area (Å²) in [5.74, 6) is 0.226. The van der Waals surface area contributed by atoms with E-state index in [4.69, 9.17) is 0 Å². The molecule has 0 fully saturated rings. The van der Waals surface area contributed by atoms with Crippen LogP contribution in [0.25, 0.3) is 0 Å². The number of anilines is 2. The van der Waals surface area contributed by atoms with E-state index in [0.29, 0.717) is 36.9 Å². The maximum atomic E-state index is 13.4. The van der Waals surface area contributed by atoms with Crippen LogP contribution in [0.15, 0.2) is 66.7 Å². The summed E-state index contributed by atoms with van der Waals surface area (Å²) in [6, 6.07) is 20.9. The maximum absolute atomic E-state index is 13.4. The lowest BCUT2D eigenvalue weighted by atomic mass is 10.0. The lowest BCUT2D eigenvalue weighted by molar-refractivity contribution is 0.0749. The van der Waals surface area contributed by atoms with Crippen LogP contribution in [0.2, 0.25) is 0 Å². The SMILES string of the molecule is CC(C)c1ccc(Cc2cc(Nc3cc(O)cc(O)c3C(=O)N3Cc4ccccc4C3)n[nH]2)cc1. The number of amides is 1. The summed E-state index contributed by atoms with van der Waals surface area (Å²) in [4.78, 5) is 15.1. The first-order chi connectivity index (χ1) is 16.9. The Labute approximate surface area is 204 Å². The van der Waals surface area contributed by atoms with Crippen LogP contribution in [0.4, 0.5) is 11.5 Å². The first-order valence-corrected chi connectivity index (χ1v) is 11.7. The summed E-state index contributed by atoms with van der Waals surface area (Å²) in [6.45, 7) is 5.28. The number of carbonyl (C=O) groups excluding carboxylic acids is 1. The van der Waals surface area contributed by atoms with Gasteiger partial charge in [-0.25, -0.2) is 0 Å². The number of hydrogen-bond donors (Lipinski definition) is 4. The van der Waals surface area contributed by atoms with Gasteiger partial charge in [0, 0.05) is 43.4 Å². The maximum Gasteiger partial charge on any atom is 0.260 e. The quantitative estimate of drug-likeness (QED) is 0.302. The average molecular weight is 469 g/mol. The number of phenols is 2. The Morgan fingerprint density at radius 1 is 1.03 bits per heavy atom. The third-order valence-electron chi connectivity index (χ3n) is 6.38. The minimum Gasteiger partial charge on any atom is -0.508 e. The van der Waals surface area contributed by atoms with Crippen molar-refractivity contribution in [1.29, 1.82) is 0 Å². The highest BCUT2D eigenvalue weighted by molar-refractivity contribution is 6.03. The van der Waals surface area contributed by atoms with Crippen LogP contribution in [-0.4, -0.2) is 31.2 Å². The Morgan fingerprint density at radius 3 is 2.37 bits per heavy atom. The van der Waals surface area contributed by atoms with Crippen molar-refractivity contribution in [3.05, 3.63) is 100 Å². The number of aromatic amines is 1. The molecule has 0 spiro atoms. The first kappa shape index (κ1) is 22.5. The van der Waals surface area contributed by atoms with E-state index < -0.39 is 0 Å². The van der Waals surface area contributed by atoms with Crippen molar-refractivity contribution in [3.63, 3.8) is 0 Å². The molecule has 4 N–H and O–H groups in total. The monoisotopic (exact) mass is 468 g/mol. The normalized spacial score (nSPS) is 12.7. The number of aromatic nitrogens is 2. The molecule has 0 saturated carbocycles. The van der Waals surface area contributed by atoms with Crippen LogP contribution in [0.1, 0.15) is 58.1 Å². The molecule has 178 valence electrons. The van der Waals surface area contributed by atoms with Gasteiger partial charge >= 0.3 is 0 Å². The average Bonchev–Trinajstić information content (AvgIpc) is 3.45. The highest BCUT2D eigenvalue weighted by atomic mass is 16.3. The van der Waals surface area contributed by atoms with E-state index in [2.05, 4.69) is 53.6 Å². The number of fused-ring (bicyclic) bond motifs is 1.